The monoisotopic (exact) mass is 298 g/mol. The summed E-state index contributed by atoms with van der Waals surface area (Å²) < 4.78 is 0. The van der Waals surface area contributed by atoms with E-state index < -0.39 is 4.92 Å². The predicted molar refractivity (Wildman–Crippen MR) is 78.7 cm³/mol. The van der Waals surface area contributed by atoms with Gasteiger partial charge in [-0.25, -0.2) is 4.98 Å². The third-order valence-electron chi connectivity index (χ3n) is 2.55. The molecule has 7 heteroatoms. The van der Waals surface area contributed by atoms with Gasteiger partial charge in [-0.3, -0.25) is 10.1 Å². The van der Waals surface area contributed by atoms with Gasteiger partial charge in [-0.15, -0.1) is 0 Å². The van der Waals surface area contributed by atoms with Crippen molar-refractivity contribution in [2.45, 2.75) is 33.4 Å². The van der Waals surface area contributed by atoms with Crippen LogP contribution in [0.4, 0.5) is 0 Å². The molecule has 0 spiro atoms. The normalized spacial score (nSPS) is 11.6. The standard InChI is InChI=1S/C13H19ClN4O2/c1-4-17(8-11-5-6-12(14)15-7-11)13(9-18(19)20)16-10(2)3/h5-7,9-10,16H,4,8H2,1-3H3/b13-9-. The summed E-state index contributed by atoms with van der Waals surface area (Å²) >= 11 is 5.74. The van der Waals surface area contributed by atoms with Crippen molar-refractivity contribution in [2.75, 3.05) is 6.54 Å². The van der Waals surface area contributed by atoms with Crippen molar-refractivity contribution in [3.63, 3.8) is 0 Å². The number of aromatic nitrogens is 1. The Morgan fingerprint density at radius 3 is 2.75 bits per heavy atom. The van der Waals surface area contributed by atoms with Crippen LogP contribution < -0.4 is 5.32 Å². The summed E-state index contributed by atoms with van der Waals surface area (Å²) in [6.45, 7) is 6.98. The van der Waals surface area contributed by atoms with Gasteiger partial charge >= 0.3 is 0 Å². The summed E-state index contributed by atoms with van der Waals surface area (Å²) in [5.74, 6) is 0.488. The number of hydrogen-bond acceptors (Lipinski definition) is 5. The average molecular weight is 299 g/mol. The molecule has 1 rings (SSSR count). The van der Waals surface area contributed by atoms with Crippen molar-refractivity contribution in [1.82, 2.24) is 15.2 Å². The van der Waals surface area contributed by atoms with E-state index in [9.17, 15) is 10.1 Å². The molecule has 6 nitrogen and oxygen atoms in total. The quantitative estimate of drug-likeness (QED) is 0.476. The van der Waals surface area contributed by atoms with E-state index in [4.69, 9.17) is 11.6 Å². The number of halogens is 1. The summed E-state index contributed by atoms with van der Waals surface area (Å²) in [5, 5.41) is 14.3. The molecule has 0 bridgehead atoms. The van der Waals surface area contributed by atoms with Gasteiger partial charge in [0.1, 0.15) is 5.15 Å². The van der Waals surface area contributed by atoms with E-state index in [1.165, 1.54) is 0 Å². The molecule has 0 fully saturated rings. The molecule has 20 heavy (non-hydrogen) atoms. The summed E-state index contributed by atoms with van der Waals surface area (Å²) in [6.07, 6.45) is 2.66. The van der Waals surface area contributed by atoms with Gasteiger partial charge in [-0.2, -0.15) is 0 Å². The highest BCUT2D eigenvalue weighted by Gasteiger charge is 2.13. The van der Waals surface area contributed by atoms with Gasteiger partial charge in [0.15, 0.2) is 5.82 Å². The molecule has 0 saturated heterocycles. The molecule has 0 aliphatic carbocycles. The first-order valence-electron chi connectivity index (χ1n) is 6.39. The molecule has 0 amide bonds. The van der Waals surface area contributed by atoms with Crippen LogP contribution in [0.25, 0.3) is 0 Å². The number of nitro groups is 1. The summed E-state index contributed by atoms with van der Waals surface area (Å²) in [4.78, 5) is 16.2. The van der Waals surface area contributed by atoms with E-state index in [0.717, 1.165) is 11.8 Å². The Balaban J connectivity index is 2.89. The van der Waals surface area contributed by atoms with Crippen LogP contribution in [0.2, 0.25) is 5.15 Å². The fraction of sp³-hybridized carbons (Fsp3) is 0.462. The Bertz CT molecular complexity index is 474. The summed E-state index contributed by atoms with van der Waals surface area (Å²) in [6, 6.07) is 3.67. The van der Waals surface area contributed by atoms with Gasteiger partial charge in [0.2, 0.25) is 0 Å². The fourth-order valence-electron chi connectivity index (χ4n) is 1.69. The van der Waals surface area contributed by atoms with Gasteiger partial charge in [0.25, 0.3) is 6.20 Å². The largest absolute Gasteiger partial charge is 0.364 e. The molecule has 0 aliphatic heterocycles. The van der Waals surface area contributed by atoms with E-state index in [0.29, 0.717) is 24.1 Å². The second-order valence-electron chi connectivity index (χ2n) is 4.60. The van der Waals surface area contributed by atoms with Crippen molar-refractivity contribution in [3.05, 3.63) is 51.2 Å². The predicted octanol–water partition coefficient (Wildman–Crippen LogP) is 2.63. The number of nitrogens with zero attached hydrogens (tertiary/aromatic N) is 3. The van der Waals surface area contributed by atoms with Gasteiger partial charge in [0, 0.05) is 25.3 Å². The highest BCUT2D eigenvalue weighted by Crippen LogP contribution is 2.11. The maximum Gasteiger partial charge on any atom is 0.274 e. The first-order chi connectivity index (χ1) is 9.42. The van der Waals surface area contributed by atoms with E-state index in [2.05, 4.69) is 10.3 Å². The lowest BCUT2D eigenvalue weighted by Gasteiger charge is -2.26. The second-order valence-corrected chi connectivity index (χ2v) is 4.99. The van der Waals surface area contributed by atoms with Crippen LogP contribution in [-0.4, -0.2) is 27.4 Å². The zero-order valence-corrected chi connectivity index (χ0v) is 12.6. The minimum Gasteiger partial charge on any atom is -0.364 e. The summed E-state index contributed by atoms with van der Waals surface area (Å²) in [7, 11) is 0. The van der Waals surface area contributed by atoms with Crippen LogP contribution in [0.1, 0.15) is 26.3 Å². The molecule has 1 heterocycles. The molecule has 1 aromatic heterocycles. The number of nitrogens with one attached hydrogen (secondary N) is 1. The molecule has 1 aromatic rings. The zero-order valence-electron chi connectivity index (χ0n) is 11.8. The van der Waals surface area contributed by atoms with Gasteiger partial charge in [0.05, 0.1) is 4.92 Å². The first kappa shape index (κ1) is 16.2. The van der Waals surface area contributed by atoms with Gasteiger partial charge < -0.3 is 10.2 Å². The molecule has 0 radical (unpaired) electrons. The third-order valence-corrected chi connectivity index (χ3v) is 2.77. The Labute approximate surface area is 123 Å². The Morgan fingerprint density at radius 1 is 1.60 bits per heavy atom. The molecule has 0 aromatic carbocycles. The minimum atomic E-state index is -0.451. The van der Waals surface area contributed by atoms with Crippen molar-refractivity contribution in [1.29, 1.82) is 0 Å². The van der Waals surface area contributed by atoms with Crippen LogP contribution in [0, 0.1) is 10.1 Å². The van der Waals surface area contributed by atoms with Gasteiger partial charge in [-0.05, 0) is 32.4 Å². The van der Waals surface area contributed by atoms with Crippen molar-refractivity contribution >= 4 is 11.6 Å². The van der Waals surface area contributed by atoms with Crippen molar-refractivity contribution < 1.29 is 4.92 Å². The van der Waals surface area contributed by atoms with Crippen molar-refractivity contribution in [3.8, 4) is 0 Å². The number of pyridine rings is 1. The van der Waals surface area contributed by atoms with Crippen LogP contribution >= 0.6 is 11.6 Å². The van der Waals surface area contributed by atoms with Crippen molar-refractivity contribution in [2.24, 2.45) is 0 Å². The minimum absolute atomic E-state index is 0.110. The topological polar surface area (TPSA) is 71.3 Å². The molecule has 0 atom stereocenters. The molecule has 1 N–H and O–H groups in total. The second kappa shape index (κ2) is 7.69. The Morgan fingerprint density at radius 2 is 2.30 bits per heavy atom. The van der Waals surface area contributed by atoms with E-state index in [-0.39, 0.29) is 6.04 Å². The molecule has 0 unspecified atom stereocenters. The molecule has 0 aliphatic rings. The highest BCUT2D eigenvalue weighted by molar-refractivity contribution is 6.29. The van der Waals surface area contributed by atoms with Crippen LogP contribution in [0.5, 0.6) is 0 Å². The maximum atomic E-state index is 10.7. The van der Waals surface area contributed by atoms with E-state index in [1.54, 1.807) is 12.3 Å². The molecule has 110 valence electrons. The average Bonchev–Trinajstić information content (AvgIpc) is 2.36. The molecular formula is C13H19ClN4O2. The highest BCUT2D eigenvalue weighted by atomic mass is 35.5. The fourth-order valence-corrected chi connectivity index (χ4v) is 1.81. The molecular weight excluding hydrogens is 280 g/mol. The van der Waals surface area contributed by atoms with Crippen LogP contribution in [0.15, 0.2) is 30.4 Å². The lowest BCUT2D eigenvalue weighted by atomic mass is 10.2. The first-order valence-corrected chi connectivity index (χ1v) is 6.77. The number of rotatable bonds is 7. The van der Waals surface area contributed by atoms with E-state index in [1.807, 2.05) is 31.7 Å². The van der Waals surface area contributed by atoms with Crippen LogP contribution in [0.3, 0.4) is 0 Å². The maximum absolute atomic E-state index is 10.7. The lowest BCUT2D eigenvalue weighted by Crippen LogP contribution is -2.35. The lowest BCUT2D eigenvalue weighted by molar-refractivity contribution is -0.404. The number of hydrogen-bond donors (Lipinski definition) is 1. The Kier molecular flexibility index (Phi) is 6.24. The molecule has 0 saturated carbocycles. The van der Waals surface area contributed by atoms with Gasteiger partial charge in [-0.1, -0.05) is 17.7 Å². The summed E-state index contributed by atoms with van der Waals surface area (Å²) in [5.41, 5.74) is 0.941. The Hall–Kier alpha value is -1.82. The SMILES string of the molecule is CCN(Cc1ccc(Cl)nc1)/C(=C\[N+](=O)[O-])NC(C)C. The zero-order chi connectivity index (χ0) is 15.1. The smallest absolute Gasteiger partial charge is 0.274 e. The van der Waals surface area contributed by atoms with E-state index >= 15 is 0 Å². The third kappa shape index (κ3) is 5.44. The van der Waals surface area contributed by atoms with Crippen LogP contribution in [-0.2, 0) is 6.54 Å².